The van der Waals surface area contributed by atoms with E-state index in [4.69, 9.17) is 0 Å². The van der Waals surface area contributed by atoms with Crippen molar-refractivity contribution in [1.82, 2.24) is 4.98 Å². The fourth-order valence-corrected chi connectivity index (χ4v) is 1.21. The summed E-state index contributed by atoms with van der Waals surface area (Å²) >= 11 is 0. The molecule has 1 heterocycles. The maximum atomic E-state index is 10.9. The number of carbonyl (C=O) groups excluding carboxylic acids is 2. The van der Waals surface area contributed by atoms with E-state index in [2.05, 4.69) is 4.98 Å². The van der Waals surface area contributed by atoms with E-state index in [-0.39, 0.29) is 11.1 Å². The quantitative estimate of drug-likeness (QED) is 0.485. The Morgan fingerprint density at radius 3 is 2.29 bits per heavy atom. The Bertz CT molecular complexity index is 488. The summed E-state index contributed by atoms with van der Waals surface area (Å²) in [5.74, 6) is -2.90. The molecule has 1 rings (SSSR count). The monoisotopic (exact) mass is 231 g/mol. The van der Waals surface area contributed by atoms with Gasteiger partial charge in [-0.25, -0.2) is 0 Å². The fraction of sp³-hybridized carbons (Fsp3) is 0.0833. The van der Waals surface area contributed by atoms with Gasteiger partial charge in [0.2, 0.25) is 0 Å². The molecular formula is C12H9NO4-2. The molecular weight excluding hydrogens is 222 g/mol. The summed E-state index contributed by atoms with van der Waals surface area (Å²) < 4.78 is 0. The number of carboxylic acid groups (broad SMARTS) is 2. The lowest BCUT2D eigenvalue weighted by Crippen LogP contribution is -2.26. The Morgan fingerprint density at radius 1 is 1.24 bits per heavy atom. The molecule has 0 saturated carbocycles. The van der Waals surface area contributed by atoms with Crippen molar-refractivity contribution in [3.8, 4) is 0 Å². The predicted molar refractivity (Wildman–Crippen MR) is 56.0 cm³/mol. The molecule has 0 atom stereocenters. The fourth-order valence-electron chi connectivity index (χ4n) is 1.21. The molecule has 0 aliphatic rings. The van der Waals surface area contributed by atoms with Crippen molar-refractivity contribution < 1.29 is 19.8 Å². The molecule has 5 nitrogen and oxygen atoms in total. The van der Waals surface area contributed by atoms with Gasteiger partial charge in [0.25, 0.3) is 0 Å². The lowest BCUT2D eigenvalue weighted by molar-refractivity contribution is -0.298. The number of rotatable bonds is 4. The molecule has 0 fully saturated rings. The molecule has 1 aromatic heterocycles. The van der Waals surface area contributed by atoms with Gasteiger partial charge in [-0.3, -0.25) is 4.98 Å². The van der Waals surface area contributed by atoms with E-state index in [1.54, 1.807) is 12.1 Å². The van der Waals surface area contributed by atoms with E-state index in [1.807, 2.05) is 0 Å². The van der Waals surface area contributed by atoms with Crippen LogP contribution in [-0.2, 0) is 9.59 Å². The molecule has 0 spiro atoms. The van der Waals surface area contributed by atoms with Gasteiger partial charge in [-0.15, -0.1) is 0 Å². The molecule has 0 aliphatic heterocycles. The van der Waals surface area contributed by atoms with Gasteiger partial charge in [0.15, 0.2) is 0 Å². The van der Waals surface area contributed by atoms with Gasteiger partial charge >= 0.3 is 0 Å². The zero-order chi connectivity index (χ0) is 12.8. The average molecular weight is 231 g/mol. The zero-order valence-electron chi connectivity index (χ0n) is 9.04. The van der Waals surface area contributed by atoms with E-state index < -0.39 is 11.9 Å². The van der Waals surface area contributed by atoms with Crippen molar-refractivity contribution in [2.75, 3.05) is 0 Å². The number of pyridine rings is 1. The number of hydrogen-bond donors (Lipinski definition) is 0. The predicted octanol–water partition coefficient (Wildman–Crippen LogP) is -1.09. The lowest BCUT2D eigenvalue weighted by atomic mass is 10.0. The molecule has 5 heteroatoms. The summed E-state index contributed by atoms with van der Waals surface area (Å²) in [4.78, 5) is 25.0. The van der Waals surface area contributed by atoms with E-state index in [1.165, 1.54) is 25.4 Å². The standard InChI is InChI=1S/C12H11NO4/c1-8(6-11(14)15)10(12(16)17)7-9-2-4-13-5-3-9/h2-7H,1H3,(H,14,15)(H,16,17)/p-2/b8-6+,10-7-. The van der Waals surface area contributed by atoms with E-state index in [0.29, 0.717) is 11.6 Å². The van der Waals surface area contributed by atoms with Crippen molar-refractivity contribution in [2.45, 2.75) is 6.92 Å². The van der Waals surface area contributed by atoms with Crippen LogP contribution in [0.4, 0.5) is 0 Å². The molecule has 88 valence electrons. The van der Waals surface area contributed by atoms with Crippen molar-refractivity contribution in [1.29, 1.82) is 0 Å². The van der Waals surface area contributed by atoms with Gasteiger partial charge in [0.1, 0.15) is 0 Å². The third-order valence-electron chi connectivity index (χ3n) is 2.00. The van der Waals surface area contributed by atoms with Crippen LogP contribution in [-0.4, -0.2) is 16.9 Å². The summed E-state index contributed by atoms with van der Waals surface area (Å²) in [6.07, 6.45) is 5.02. The highest BCUT2D eigenvalue weighted by Crippen LogP contribution is 2.13. The zero-order valence-corrected chi connectivity index (χ0v) is 9.04. The van der Waals surface area contributed by atoms with Crippen LogP contribution in [0.15, 0.2) is 41.7 Å². The first-order valence-corrected chi connectivity index (χ1v) is 4.73. The Morgan fingerprint density at radius 2 is 1.82 bits per heavy atom. The van der Waals surface area contributed by atoms with Gasteiger partial charge in [0.05, 0.1) is 11.9 Å². The van der Waals surface area contributed by atoms with Gasteiger partial charge in [-0.1, -0.05) is 0 Å². The molecule has 0 amide bonds. The molecule has 1 aromatic rings. The summed E-state index contributed by atoms with van der Waals surface area (Å²) in [6, 6.07) is 3.18. The van der Waals surface area contributed by atoms with Crippen LogP contribution < -0.4 is 10.2 Å². The molecule has 0 unspecified atom stereocenters. The highest BCUT2D eigenvalue weighted by atomic mass is 16.4. The van der Waals surface area contributed by atoms with Crippen molar-refractivity contribution in [3.63, 3.8) is 0 Å². The SMILES string of the molecule is CC(=C\C(=O)[O-])/C(=C/c1ccncc1)C(=O)[O-]. The summed E-state index contributed by atoms with van der Waals surface area (Å²) in [7, 11) is 0. The third kappa shape index (κ3) is 3.90. The van der Waals surface area contributed by atoms with Gasteiger partial charge in [0, 0.05) is 18.0 Å². The van der Waals surface area contributed by atoms with Crippen LogP contribution in [0.25, 0.3) is 6.08 Å². The summed E-state index contributed by atoms with van der Waals surface area (Å²) in [5.41, 5.74) is 0.438. The second-order valence-electron chi connectivity index (χ2n) is 3.27. The minimum absolute atomic E-state index is 0.0572. The van der Waals surface area contributed by atoms with Crippen LogP contribution in [0.2, 0.25) is 0 Å². The molecule has 0 radical (unpaired) electrons. The molecule has 0 aliphatic carbocycles. The van der Waals surface area contributed by atoms with Crippen molar-refractivity contribution >= 4 is 18.0 Å². The second kappa shape index (κ2) is 5.60. The normalized spacial score (nSPS) is 12.3. The summed E-state index contributed by atoms with van der Waals surface area (Å²) in [5, 5.41) is 21.2. The number of carbonyl (C=O) groups is 2. The average Bonchev–Trinajstić information content (AvgIpc) is 2.25. The number of carboxylic acids is 2. The Kier molecular flexibility index (Phi) is 4.16. The number of hydrogen-bond acceptors (Lipinski definition) is 5. The van der Waals surface area contributed by atoms with Gasteiger partial charge in [-0.2, -0.15) is 0 Å². The minimum atomic E-state index is -1.45. The number of aliphatic carboxylic acids is 2. The first-order chi connectivity index (χ1) is 8.00. The second-order valence-corrected chi connectivity index (χ2v) is 3.27. The maximum absolute atomic E-state index is 10.9. The van der Waals surface area contributed by atoms with E-state index in [9.17, 15) is 19.8 Å². The van der Waals surface area contributed by atoms with Crippen LogP contribution in [0.3, 0.4) is 0 Å². The van der Waals surface area contributed by atoms with Crippen molar-refractivity contribution in [3.05, 3.63) is 47.3 Å². The largest absolute Gasteiger partial charge is 0.545 e. The van der Waals surface area contributed by atoms with E-state index in [0.717, 1.165) is 0 Å². The van der Waals surface area contributed by atoms with Crippen molar-refractivity contribution in [2.24, 2.45) is 0 Å². The summed E-state index contributed by atoms with van der Waals surface area (Å²) in [6.45, 7) is 1.36. The smallest absolute Gasteiger partial charge is 0.0718 e. The first kappa shape index (κ1) is 12.6. The molecule has 0 N–H and O–H groups in total. The van der Waals surface area contributed by atoms with Crippen LogP contribution >= 0.6 is 0 Å². The lowest BCUT2D eigenvalue weighted by Gasteiger charge is -2.10. The maximum Gasteiger partial charge on any atom is 0.0718 e. The Balaban J connectivity index is 3.15. The minimum Gasteiger partial charge on any atom is -0.545 e. The highest BCUT2D eigenvalue weighted by Gasteiger charge is 2.02. The third-order valence-corrected chi connectivity index (χ3v) is 2.00. The van der Waals surface area contributed by atoms with Crippen LogP contribution in [0.5, 0.6) is 0 Å². The van der Waals surface area contributed by atoms with E-state index >= 15 is 0 Å². The topological polar surface area (TPSA) is 93.2 Å². The Labute approximate surface area is 97.7 Å². The van der Waals surface area contributed by atoms with Crippen LogP contribution in [0.1, 0.15) is 12.5 Å². The van der Waals surface area contributed by atoms with Crippen LogP contribution in [0, 0.1) is 0 Å². The van der Waals surface area contributed by atoms with Gasteiger partial charge in [-0.05, 0) is 42.3 Å². The molecule has 0 aromatic carbocycles. The molecule has 0 bridgehead atoms. The number of aromatic nitrogens is 1. The molecule has 17 heavy (non-hydrogen) atoms. The number of nitrogens with zero attached hydrogens (tertiary/aromatic N) is 1. The molecule has 0 saturated heterocycles. The Hall–Kier alpha value is -2.43. The van der Waals surface area contributed by atoms with Gasteiger partial charge < -0.3 is 19.8 Å². The first-order valence-electron chi connectivity index (χ1n) is 4.73. The highest BCUT2D eigenvalue weighted by molar-refractivity contribution is 5.97.